The normalized spacial score (nSPS) is 9.69. The Morgan fingerprint density at radius 2 is 2.31 bits per heavy atom. The van der Waals surface area contributed by atoms with Gasteiger partial charge in [0.2, 0.25) is 0 Å². The summed E-state index contributed by atoms with van der Waals surface area (Å²) in [6.07, 6.45) is 2.28. The van der Waals surface area contributed by atoms with E-state index >= 15 is 0 Å². The first-order chi connectivity index (χ1) is 6.27. The molecule has 0 amide bonds. The van der Waals surface area contributed by atoms with Crippen molar-refractivity contribution in [2.45, 2.75) is 12.8 Å². The largest absolute Gasteiger partial charge is 0.496 e. The quantitative estimate of drug-likeness (QED) is 0.759. The Hall–Kier alpha value is -0.830. The van der Waals surface area contributed by atoms with E-state index in [1.807, 2.05) is 18.2 Å². The summed E-state index contributed by atoms with van der Waals surface area (Å²) in [6.45, 7) is 0. The lowest BCUT2D eigenvalue weighted by molar-refractivity contribution is -0.107. The number of ether oxygens (including phenoxy) is 1. The first-order valence-electron chi connectivity index (χ1n) is 4.04. The Labute approximate surface area is 86.0 Å². The van der Waals surface area contributed by atoms with Crippen molar-refractivity contribution < 1.29 is 9.53 Å². The summed E-state index contributed by atoms with van der Waals surface area (Å²) in [5.74, 6) is 0.815. The third kappa shape index (κ3) is 2.84. The van der Waals surface area contributed by atoms with Crippen LogP contribution in [0.3, 0.4) is 0 Å². The van der Waals surface area contributed by atoms with Crippen molar-refractivity contribution in [3.05, 3.63) is 28.2 Å². The van der Waals surface area contributed by atoms with Gasteiger partial charge in [0.25, 0.3) is 0 Å². The molecule has 0 aliphatic heterocycles. The van der Waals surface area contributed by atoms with Crippen molar-refractivity contribution in [1.29, 1.82) is 0 Å². The molecule has 3 heteroatoms. The van der Waals surface area contributed by atoms with E-state index < -0.39 is 0 Å². The van der Waals surface area contributed by atoms with Crippen LogP contribution in [0.5, 0.6) is 5.75 Å². The molecule has 13 heavy (non-hydrogen) atoms. The predicted molar refractivity (Wildman–Crippen MR) is 55.1 cm³/mol. The van der Waals surface area contributed by atoms with Crippen molar-refractivity contribution in [3.63, 3.8) is 0 Å². The van der Waals surface area contributed by atoms with E-state index in [-0.39, 0.29) is 0 Å². The molecule has 0 aromatic heterocycles. The summed E-state index contributed by atoms with van der Waals surface area (Å²) >= 11 is 3.39. The molecule has 0 saturated carbocycles. The van der Waals surface area contributed by atoms with Crippen molar-refractivity contribution in [2.75, 3.05) is 7.11 Å². The molecule has 0 fully saturated rings. The third-order valence-corrected chi connectivity index (χ3v) is 2.39. The number of benzene rings is 1. The Morgan fingerprint density at radius 3 is 2.85 bits per heavy atom. The van der Waals surface area contributed by atoms with Gasteiger partial charge in [-0.3, -0.25) is 0 Å². The Morgan fingerprint density at radius 1 is 1.54 bits per heavy atom. The minimum Gasteiger partial charge on any atom is -0.496 e. The highest BCUT2D eigenvalue weighted by Gasteiger charge is 2.00. The van der Waals surface area contributed by atoms with Crippen molar-refractivity contribution >= 4 is 22.2 Å². The number of carbonyl (C=O) groups excluding carboxylic acids is 1. The van der Waals surface area contributed by atoms with Crippen molar-refractivity contribution in [3.8, 4) is 5.75 Å². The number of hydrogen-bond donors (Lipinski definition) is 0. The van der Waals surface area contributed by atoms with Gasteiger partial charge in [-0.2, -0.15) is 0 Å². The van der Waals surface area contributed by atoms with Crippen LogP contribution in [0.2, 0.25) is 0 Å². The second-order valence-electron chi connectivity index (χ2n) is 2.67. The van der Waals surface area contributed by atoms with Crippen LogP contribution in [-0.2, 0) is 11.2 Å². The van der Waals surface area contributed by atoms with Crippen LogP contribution in [-0.4, -0.2) is 13.4 Å². The fraction of sp³-hybridized carbons (Fsp3) is 0.300. The topological polar surface area (TPSA) is 26.3 Å². The summed E-state index contributed by atoms with van der Waals surface area (Å²) < 4.78 is 6.02. The van der Waals surface area contributed by atoms with E-state index in [9.17, 15) is 4.79 Å². The molecule has 0 N–H and O–H groups in total. The Kier molecular flexibility index (Phi) is 3.96. The Bertz CT molecular complexity index is 297. The maximum Gasteiger partial charge on any atom is 0.133 e. The zero-order valence-corrected chi connectivity index (χ0v) is 9.00. The number of aldehydes is 1. The van der Waals surface area contributed by atoms with Gasteiger partial charge in [-0.15, -0.1) is 0 Å². The molecule has 0 aliphatic carbocycles. The van der Waals surface area contributed by atoms with Crippen LogP contribution >= 0.6 is 15.9 Å². The maximum absolute atomic E-state index is 10.1. The van der Waals surface area contributed by atoms with E-state index in [1.54, 1.807) is 7.11 Å². The van der Waals surface area contributed by atoms with Gasteiger partial charge in [-0.25, -0.2) is 0 Å². The van der Waals surface area contributed by atoms with Gasteiger partial charge in [-0.05, 0) is 40.0 Å². The van der Waals surface area contributed by atoms with E-state index in [0.29, 0.717) is 6.42 Å². The molecule has 1 rings (SSSR count). The highest BCUT2D eigenvalue weighted by atomic mass is 79.9. The molecule has 1 aromatic rings. The van der Waals surface area contributed by atoms with Gasteiger partial charge in [0.05, 0.1) is 11.6 Å². The van der Waals surface area contributed by atoms with E-state index in [0.717, 1.165) is 28.5 Å². The summed E-state index contributed by atoms with van der Waals surface area (Å²) in [5, 5.41) is 0. The number of halogens is 1. The van der Waals surface area contributed by atoms with Gasteiger partial charge in [0.1, 0.15) is 12.0 Å². The number of hydrogen-bond acceptors (Lipinski definition) is 2. The molecule has 0 atom stereocenters. The predicted octanol–water partition coefficient (Wildman–Crippen LogP) is 2.59. The summed E-state index contributed by atoms with van der Waals surface area (Å²) in [6, 6.07) is 5.83. The van der Waals surface area contributed by atoms with Crippen molar-refractivity contribution in [1.82, 2.24) is 0 Å². The zero-order chi connectivity index (χ0) is 9.68. The van der Waals surface area contributed by atoms with Gasteiger partial charge in [-0.1, -0.05) is 6.07 Å². The summed E-state index contributed by atoms with van der Waals surface area (Å²) in [4.78, 5) is 10.1. The lowest BCUT2D eigenvalue weighted by Crippen LogP contribution is -1.89. The van der Waals surface area contributed by atoms with Crippen LogP contribution in [0.4, 0.5) is 0 Å². The number of methoxy groups -OCH3 is 1. The first-order valence-corrected chi connectivity index (χ1v) is 4.83. The molecule has 0 aliphatic rings. The van der Waals surface area contributed by atoms with Crippen LogP contribution in [0, 0.1) is 0 Å². The number of aryl methyl sites for hydroxylation is 1. The highest BCUT2D eigenvalue weighted by molar-refractivity contribution is 9.10. The van der Waals surface area contributed by atoms with E-state index in [4.69, 9.17) is 4.74 Å². The fourth-order valence-corrected chi connectivity index (χ4v) is 1.68. The number of rotatable bonds is 4. The third-order valence-electron chi connectivity index (χ3n) is 1.77. The molecule has 0 unspecified atom stereocenters. The lowest BCUT2D eigenvalue weighted by Gasteiger charge is -2.04. The fourth-order valence-electron chi connectivity index (χ4n) is 1.09. The average molecular weight is 243 g/mol. The van der Waals surface area contributed by atoms with Crippen LogP contribution in [0.25, 0.3) is 0 Å². The van der Waals surface area contributed by atoms with Crippen molar-refractivity contribution in [2.24, 2.45) is 0 Å². The molecular weight excluding hydrogens is 232 g/mol. The molecule has 1 aromatic carbocycles. The van der Waals surface area contributed by atoms with E-state index in [2.05, 4.69) is 15.9 Å². The summed E-state index contributed by atoms with van der Waals surface area (Å²) in [7, 11) is 1.63. The molecule has 0 radical (unpaired) electrons. The van der Waals surface area contributed by atoms with Crippen LogP contribution < -0.4 is 4.74 Å². The first kappa shape index (κ1) is 10.3. The summed E-state index contributed by atoms with van der Waals surface area (Å²) in [5.41, 5.74) is 1.14. The maximum atomic E-state index is 10.1. The van der Waals surface area contributed by atoms with Crippen LogP contribution in [0.15, 0.2) is 22.7 Å². The van der Waals surface area contributed by atoms with E-state index in [1.165, 1.54) is 0 Å². The van der Waals surface area contributed by atoms with Gasteiger partial charge in [0, 0.05) is 6.42 Å². The molecule has 70 valence electrons. The average Bonchev–Trinajstić information content (AvgIpc) is 2.15. The number of carbonyl (C=O) groups is 1. The smallest absolute Gasteiger partial charge is 0.133 e. The Balaban J connectivity index is 2.76. The van der Waals surface area contributed by atoms with Crippen LogP contribution in [0.1, 0.15) is 12.0 Å². The molecule has 0 spiro atoms. The SMILES string of the molecule is COc1ccc(CCC=O)cc1Br. The minimum absolute atomic E-state index is 0.568. The molecular formula is C10H11BrO2. The standard InChI is InChI=1S/C10H11BrO2/c1-13-10-5-4-8(3-2-6-12)7-9(10)11/h4-7H,2-3H2,1H3. The molecule has 0 bridgehead atoms. The lowest BCUT2D eigenvalue weighted by atomic mass is 10.1. The van der Waals surface area contributed by atoms with Gasteiger partial charge in [0.15, 0.2) is 0 Å². The minimum atomic E-state index is 0.568. The molecule has 2 nitrogen and oxygen atoms in total. The monoisotopic (exact) mass is 242 g/mol. The second-order valence-corrected chi connectivity index (χ2v) is 3.53. The van der Waals surface area contributed by atoms with Gasteiger partial charge < -0.3 is 9.53 Å². The van der Waals surface area contributed by atoms with Gasteiger partial charge >= 0.3 is 0 Å². The zero-order valence-electron chi connectivity index (χ0n) is 7.42. The molecule has 0 heterocycles. The highest BCUT2D eigenvalue weighted by Crippen LogP contribution is 2.25. The molecule has 0 saturated heterocycles. The second kappa shape index (κ2) is 5.02.